The molecule has 0 unspecified atom stereocenters. The summed E-state index contributed by atoms with van der Waals surface area (Å²) in [5.74, 6) is -0.627. The Morgan fingerprint density at radius 3 is 2.20 bits per heavy atom. The molecule has 2 N–H and O–H groups in total. The molecule has 0 aliphatic heterocycles. The van der Waals surface area contributed by atoms with Crippen LogP contribution in [-0.4, -0.2) is 37.2 Å². The van der Waals surface area contributed by atoms with E-state index in [0.29, 0.717) is 5.56 Å². The number of hydrogen-bond donors (Lipinski definition) is 2. The molecule has 30 heavy (non-hydrogen) atoms. The second-order valence-corrected chi connectivity index (χ2v) is 7.20. The first kappa shape index (κ1) is 23.1. The largest absolute Gasteiger partial charge is 0.372 e. The van der Waals surface area contributed by atoms with Crippen molar-refractivity contribution in [2.75, 3.05) is 18.0 Å². The first-order chi connectivity index (χ1) is 14.5. The Morgan fingerprint density at radius 2 is 1.63 bits per heavy atom. The van der Waals surface area contributed by atoms with Crippen molar-refractivity contribution in [3.8, 4) is 0 Å². The van der Waals surface area contributed by atoms with E-state index in [0.717, 1.165) is 30.8 Å². The van der Waals surface area contributed by atoms with E-state index in [-0.39, 0.29) is 17.7 Å². The van der Waals surface area contributed by atoms with Gasteiger partial charge in [0.1, 0.15) is 6.04 Å². The first-order valence-corrected chi connectivity index (χ1v) is 10.5. The number of hydrazone groups is 1. The van der Waals surface area contributed by atoms with Crippen molar-refractivity contribution in [3.63, 3.8) is 0 Å². The maximum atomic E-state index is 12.7. The zero-order valence-corrected chi connectivity index (χ0v) is 18.3. The fourth-order valence-electron chi connectivity index (χ4n) is 3.12. The highest BCUT2D eigenvalue weighted by molar-refractivity contribution is 5.97. The van der Waals surface area contributed by atoms with Crippen molar-refractivity contribution in [2.45, 2.75) is 40.2 Å². The van der Waals surface area contributed by atoms with Gasteiger partial charge < -0.3 is 10.2 Å². The highest BCUT2D eigenvalue weighted by Crippen LogP contribution is 2.14. The molecular weight excluding hydrogens is 376 g/mol. The van der Waals surface area contributed by atoms with Crippen LogP contribution in [0.2, 0.25) is 0 Å². The van der Waals surface area contributed by atoms with Gasteiger partial charge in [0.05, 0.1) is 6.21 Å². The number of nitrogens with zero attached hydrogens (tertiary/aromatic N) is 2. The van der Waals surface area contributed by atoms with E-state index in [1.807, 2.05) is 44.2 Å². The van der Waals surface area contributed by atoms with Crippen LogP contribution in [0.1, 0.15) is 50.0 Å². The van der Waals surface area contributed by atoms with Gasteiger partial charge in [-0.1, -0.05) is 50.6 Å². The lowest BCUT2D eigenvalue weighted by Crippen LogP contribution is -2.49. The fourth-order valence-corrected chi connectivity index (χ4v) is 3.12. The van der Waals surface area contributed by atoms with E-state index in [2.05, 4.69) is 34.6 Å². The van der Waals surface area contributed by atoms with Crippen LogP contribution in [0.15, 0.2) is 59.7 Å². The molecule has 6 heteroatoms. The third-order valence-electron chi connectivity index (χ3n) is 5.23. The van der Waals surface area contributed by atoms with Crippen LogP contribution >= 0.6 is 0 Å². The summed E-state index contributed by atoms with van der Waals surface area (Å²) in [5, 5.41) is 6.92. The minimum atomic E-state index is -0.662. The number of benzene rings is 2. The van der Waals surface area contributed by atoms with E-state index in [1.165, 1.54) is 0 Å². The summed E-state index contributed by atoms with van der Waals surface area (Å²) in [6.07, 6.45) is 2.36. The van der Waals surface area contributed by atoms with Crippen LogP contribution in [0.5, 0.6) is 0 Å². The fraction of sp³-hybridized carbons (Fsp3) is 0.375. The molecule has 2 atom stereocenters. The average molecular weight is 409 g/mol. The van der Waals surface area contributed by atoms with Crippen LogP contribution in [0.25, 0.3) is 0 Å². The number of anilines is 1. The summed E-state index contributed by atoms with van der Waals surface area (Å²) < 4.78 is 0. The molecule has 2 amide bonds. The summed E-state index contributed by atoms with van der Waals surface area (Å²) in [4.78, 5) is 27.4. The van der Waals surface area contributed by atoms with E-state index in [9.17, 15) is 9.59 Å². The molecule has 2 aromatic rings. The third-order valence-corrected chi connectivity index (χ3v) is 5.23. The maximum Gasteiger partial charge on any atom is 0.262 e. The van der Waals surface area contributed by atoms with Crippen LogP contribution < -0.4 is 15.6 Å². The number of amides is 2. The van der Waals surface area contributed by atoms with E-state index >= 15 is 0 Å². The molecule has 0 aliphatic rings. The molecule has 0 fully saturated rings. The summed E-state index contributed by atoms with van der Waals surface area (Å²) in [6, 6.07) is 16.2. The number of carbonyl (C=O) groups is 2. The number of nitrogens with one attached hydrogen (secondary N) is 2. The molecule has 2 rings (SSSR count). The van der Waals surface area contributed by atoms with Gasteiger partial charge in [-0.25, -0.2) is 5.43 Å². The lowest BCUT2D eigenvalue weighted by molar-refractivity contribution is -0.124. The Balaban J connectivity index is 2.00. The summed E-state index contributed by atoms with van der Waals surface area (Å²) >= 11 is 0. The van der Waals surface area contributed by atoms with Gasteiger partial charge in [-0.15, -0.1) is 0 Å². The highest BCUT2D eigenvalue weighted by Gasteiger charge is 2.26. The Kier molecular flexibility index (Phi) is 9.06. The molecule has 0 saturated heterocycles. The Labute approximate surface area is 179 Å². The van der Waals surface area contributed by atoms with E-state index < -0.39 is 6.04 Å². The van der Waals surface area contributed by atoms with E-state index in [1.54, 1.807) is 30.5 Å². The SMILES string of the molecule is CC[C@H](C)[C@H](NC(=O)c1ccccc1)C(=O)NN=Cc1ccc(N(CC)CC)cc1. The van der Waals surface area contributed by atoms with E-state index in [4.69, 9.17) is 0 Å². The molecule has 0 bridgehead atoms. The van der Waals surface area contributed by atoms with Crippen molar-refractivity contribution < 1.29 is 9.59 Å². The van der Waals surface area contributed by atoms with Gasteiger partial charge in [0, 0.05) is 24.3 Å². The quantitative estimate of drug-likeness (QED) is 0.464. The standard InChI is InChI=1S/C24H32N4O2/c1-5-18(4)22(26-23(29)20-11-9-8-10-12-20)24(30)27-25-17-19-13-15-21(16-14-19)28(6-2)7-3/h8-18,22H,5-7H2,1-4H3,(H,26,29)(H,27,30)/t18-,22-/m0/s1. The molecule has 6 nitrogen and oxygen atoms in total. The molecule has 160 valence electrons. The van der Waals surface area contributed by atoms with Gasteiger partial charge in [-0.05, 0) is 49.6 Å². The molecule has 0 heterocycles. The monoisotopic (exact) mass is 408 g/mol. The second kappa shape index (κ2) is 11.8. The molecule has 0 spiro atoms. The van der Waals surface area contributed by atoms with Gasteiger partial charge in [-0.2, -0.15) is 5.10 Å². The minimum Gasteiger partial charge on any atom is -0.372 e. The Bertz CT molecular complexity index is 830. The number of rotatable bonds is 10. The van der Waals surface area contributed by atoms with Gasteiger partial charge in [0.25, 0.3) is 11.8 Å². The van der Waals surface area contributed by atoms with Crippen LogP contribution in [-0.2, 0) is 4.79 Å². The number of carbonyl (C=O) groups excluding carboxylic acids is 2. The average Bonchev–Trinajstić information content (AvgIpc) is 2.79. The highest BCUT2D eigenvalue weighted by atomic mass is 16.2. The van der Waals surface area contributed by atoms with Crippen molar-refractivity contribution in [1.29, 1.82) is 0 Å². The zero-order chi connectivity index (χ0) is 21.9. The molecule has 2 aromatic carbocycles. The second-order valence-electron chi connectivity index (χ2n) is 7.20. The lowest BCUT2D eigenvalue weighted by atomic mass is 9.98. The van der Waals surface area contributed by atoms with Gasteiger partial charge in [-0.3, -0.25) is 9.59 Å². The Hall–Kier alpha value is -3.15. The molecular formula is C24H32N4O2. The molecule has 0 saturated carbocycles. The zero-order valence-electron chi connectivity index (χ0n) is 18.3. The Morgan fingerprint density at radius 1 is 1.00 bits per heavy atom. The molecule has 0 radical (unpaired) electrons. The van der Waals surface area contributed by atoms with Crippen molar-refractivity contribution in [2.24, 2.45) is 11.0 Å². The van der Waals surface area contributed by atoms with Gasteiger partial charge in [0.15, 0.2) is 0 Å². The van der Waals surface area contributed by atoms with Crippen LogP contribution in [0, 0.1) is 5.92 Å². The lowest BCUT2D eigenvalue weighted by Gasteiger charge is -2.22. The van der Waals surface area contributed by atoms with Crippen molar-refractivity contribution in [3.05, 3.63) is 65.7 Å². The van der Waals surface area contributed by atoms with Crippen molar-refractivity contribution >= 4 is 23.7 Å². The third kappa shape index (κ3) is 6.44. The number of hydrogen-bond acceptors (Lipinski definition) is 4. The summed E-state index contributed by atoms with van der Waals surface area (Å²) in [5.41, 5.74) is 5.13. The van der Waals surface area contributed by atoms with Gasteiger partial charge in [0.2, 0.25) is 0 Å². The minimum absolute atomic E-state index is 0.0267. The molecule has 0 aromatic heterocycles. The summed E-state index contributed by atoms with van der Waals surface area (Å²) in [6.45, 7) is 10.1. The predicted molar refractivity (Wildman–Crippen MR) is 123 cm³/mol. The summed E-state index contributed by atoms with van der Waals surface area (Å²) in [7, 11) is 0. The van der Waals surface area contributed by atoms with Gasteiger partial charge >= 0.3 is 0 Å². The topological polar surface area (TPSA) is 73.8 Å². The molecule has 0 aliphatic carbocycles. The first-order valence-electron chi connectivity index (χ1n) is 10.5. The van der Waals surface area contributed by atoms with Crippen LogP contribution in [0.4, 0.5) is 5.69 Å². The predicted octanol–water partition coefficient (Wildman–Crippen LogP) is 3.83. The smallest absolute Gasteiger partial charge is 0.262 e. The van der Waals surface area contributed by atoms with Crippen LogP contribution in [0.3, 0.4) is 0 Å². The normalized spacial score (nSPS) is 12.9. The maximum absolute atomic E-state index is 12.7. The van der Waals surface area contributed by atoms with Crippen molar-refractivity contribution in [1.82, 2.24) is 10.7 Å².